The average Bonchev–Trinajstić information content (AvgIpc) is 2.75. The molecule has 3 atom stereocenters. The van der Waals surface area contributed by atoms with Gasteiger partial charge in [-0.15, -0.1) is 0 Å². The van der Waals surface area contributed by atoms with Crippen molar-refractivity contribution in [2.45, 2.75) is 12.2 Å². The van der Waals surface area contributed by atoms with Crippen molar-refractivity contribution in [1.29, 1.82) is 0 Å². The summed E-state index contributed by atoms with van der Waals surface area (Å²) in [6, 6.07) is 5.55. The van der Waals surface area contributed by atoms with E-state index in [0.29, 0.717) is 16.7 Å². The molecule has 22 heavy (non-hydrogen) atoms. The molecule has 8 heteroatoms. The van der Waals surface area contributed by atoms with Gasteiger partial charge in [0.25, 0.3) is 0 Å². The summed E-state index contributed by atoms with van der Waals surface area (Å²) in [5, 5.41) is 4.36. The molecule has 1 fully saturated rings. The third-order valence-electron chi connectivity index (χ3n) is 3.12. The smallest absolute Gasteiger partial charge is 0.110 e. The Morgan fingerprint density at radius 3 is 2.64 bits per heavy atom. The van der Waals surface area contributed by atoms with Crippen molar-refractivity contribution in [2.75, 3.05) is 40.1 Å². The van der Waals surface area contributed by atoms with Gasteiger partial charge in [0.15, 0.2) is 0 Å². The predicted octanol–water partition coefficient (Wildman–Crippen LogP) is 2.17. The van der Waals surface area contributed by atoms with Crippen LogP contribution in [0.3, 0.4) is 0 Å². The quantitative estimate of drug-likeness (QED) is 0.858. The van der Waals surface area contributed by atoms with Crippen LogP contribution >= 0.6 is 23.2 Å². The van der Waals surface area contributed by atoms with E-state index < -0.39 is 11.0 Å². The van der Waals surface area contributed by atoms with Gasteiger partial charge in [-0.3, -0.25) is 0 Å². The fourth-order valence-electron chi connectivity index (χ4n) is 1.92. The lowest BCUT2D eigenvalue weighted by molar-refractivity contribution is -0.0408. The van der Waals surface area contributed by atoms with E-state index in [1.807, 2.05) is 12.1 Å². The van der Waals surface area contributed by atoms with Gasteiger partial charge in [0.05, 0.1) is 33.7 Å². The first-order valence-electron chi connectivity index (χ1n) is 6.80. The Bertz CT molecular complexity index is 491. The SMILES string of the molecule is CNS(C)=O.COC1CNCCOC1c1ccc(Cl)c(Cl)c1. The Morgan fingerprint density at radius 1 is 1.41 bits per heavy atom. The Morgan fingerprint density at radius 2 is 2.09 bits per heavy atom. The number of hydrogen-bond acceptors (Lipinski definition) is 4. The number of nitrogens with one attached hydrogen (secondary N) is 2. The Hall–Kier alpha value is -0.210. The molecule has 0 spiro atoms. The van der Waals surface area contributed by atoms with Crippen molar-refractivity contribution < 1.29 is 13.7 Å². The highest BCUT2D eigenvalue weighted by Crippen LogP contribution is 2.30. The first-order chi connectivity index (χ1) is 10.5. The van der Waals surface area contributed by atoms with Gasteiger partial charge in [-0.05, 0) is 24.7 Å². The number of benzene rings is 1. The van der Waals surface area contributed by atoms with E-state index in [1.54, 1.807) is 26.5 Å². The van der Waals surface area contributed by atoms with Crippen LogP contribution in [0.25, 0.3) is 0 Å². The van der Waals surface area contributed by atoms with Crippen LogP contribution in [0.2, 0.25) is 10.0 Å². The molecule has 1 saturated heterocycles. The molecule has 0 amide bonds. The average molecular weight is 369 g/mol. The summed E-state index contributed by atoms with van der Waals surface area (Å²) in [6.45, 7) is 2.25. The number of hydrogen-bond donors (Lipinski definition) is 2. The van der Waals surface area contributed by atoms with E-state index in [1.165, 1.54) is 0 Å². The van der Waals surface area contributed by atoms with Gasteiger partial charge in [-0.2, -0.15) is 0 Å². The van der Waals surface area contributed by atoms with Gasteiger partial charge in [-0.25, -0.2) is 8.93 Å². The molecule has 1 aliphatic heterocycles. The van der Waals surface area contributed by atoms with E-state index in [2.05, 4.69) is 10.0 Å². The summed E-state index contributed by atoms with van der Waals surface area (Å²) in [6.07, 6.45) is 1.46. The summed E-state index contributed by atoms with van der Waals surface area (Å²) in [5.41, 5.74) is 0.995. The fourth-order valence-corrected chi connectivity index (χ4v) is 2.23. The zero-order valence-electron chi connectivity index (χ0n) is 12.9. The zero-order chi connectivity index (χ0) is 16.5. The van der Waals surface area contributed by atoms with Gasteiger partial charge < -0.3 is 14.8 Å². The second-order valence-corrected chi connectivity index (χ2v) is 6.73. The van der Waals surface area contributed by atoms with E-state index >= 15 is 0 Å². The first kappa shape index (κ1) is 19.8. The van der Waals surface area contributed by atoms with Crippen LogP contribution in [0.4, 0.5) is 0 Å². The Balaban J connectivity index is 0.000000422. The molecule has 2 N–H and O–H groups in total. The number of methoxy groups -OCH3 is 1. The molecule has 1 aromatic carbocycles. The normalized spacial score (nSPS) is 23.1. The van der Waals surface area contributed by atoms with Crippen LogP contribution in [0.1, 0.15) is 11.7 Å². The van der Waals surface area contributed by atoms with Crippen LogP contribution < -0.4 is 10.0 Å². The second kappa shape index (κ2) is 10.5. The largest absolute Gasteiger partial charge is 0.377 e. The lowest BCUT2D eigenvalue weighted by Gasteiger charge is -2.24. The molecule has 1 aromatic rings. The van der Waals surface area contributed by atoms with Crippen molar-refractivity contribution in [3.63, 3.8) is 0 Å². The molecule has 1 aliphatic rings. The third-order valence-corrected chi connectivity index (χ3v) is 4.44. The molecule has 5 nitrogen and oxygen atoms in total. The van der Waals surface area contributed by atoms with Gasteiger partial charge in [0, 0.05) is 26.5 Å². The topological polar surface area (TPSA) is 59.6 Å². The molecule has 0 radical (unpaired) electrons. The molecular weight excluding hydrogens is 347 g/mol. The molecular formula is C14H22Cl2N2O3S. The summed E-state index contributed by atoms with van der Waals surface area (Å²) >= 11 is 11.9. The molecule has 3 unspecified atom stereocenters. The van der Waals surface area contributed by atoms with Crippen LogP contribution in [0.15, 0.2) is 18.2 Å². The van der Waals surface area contributed by atoms with E-state index in [0.717, 1.165) is 18.7 Å². The van der Waals surface area contributed by atoms with Crippen molar-refractivity contribution in [2.24, 2.45) is 0 Å². The molecule has 126 valence electrons. The lowest BCUT2D eigenvalue weighted by atomic mass is 10.0. The van der Waals surface area contributed by atoms with Crippen molar-refractivity contribution in [1.82, 2.24) is 10.0 Å². The number of ether oxygens (including phenoxy) is 2. The standard InChI is InChI=1S/C12H15Cl2NO2.C2H7NOS/c1-16-11-7-15-4-5-17-12(11)8-2-3-9(13)10(14)6-8;1-3-5(2)4/h2-3,6,11-12,15H,4-5,7H2,1H3;3H,1-2H3. The molecule has 1 heterocycles. The number of rotatable bonds is 3. The monoisotopic (exact) mass is 368 g/mol. The third kappa shape index (κ3) is 6.50. The van der Waals surface area contributed by atoms with Crippen molar-refractivity contribution >= 4 is 34.2 Å². The maximum absolute atomic E-state index is 9.81. The van der Waals surface area contributed by atoms with E-state index in [9.17, 15) is 4.21 Å². The van der Waals surface area contributed by atoms with Gasteiger partial charge >= 0.3 is 0 Å². The maximum atomic E-state index is 9.81. The fraction of sp³-hybridized carbons (Fsp3) is 0.571. The minimum absolute atomic E-state index is 0.0188. The van der Waals surface area contributed by atoms with Crippen LogP contribution in [-0.4, -0.2) is 50.4 Å². The summed E-state index contributed by atoms with van der Waals surface area (Å²) in [4.78, 5) is 0. The summed E-state index contributed by atoms with van der Waals surface area (Å²) < 4.78 is 23.6. The van der Waals surface area contributed by atoms with Crippen molar-refractivity contribution in [3.05, 3.63) is 33.8 Å². The molecule has 0 saturated carbocycles. The van der Waals surface area contributed by atoms with E-state index in [-0.39, 0.29) is 12.2 Å². The van der Waals surface area contributed by atoms with Gasteiger partial charge in [0.1, 0.15) is 6.10 Å². The summed E-state index contributed by atoms with van der Waals surface area (Å²) in [5.74, 6) is 0. The first-order valence-corrected chi connectivity index (χ1v) is 9.11. The van der Waals surface area contributed by atoms with Crippen LogP contribution in [-0.2, 0) is 20.5 Å². The van der Waals surface area contributed by atoms with Gasteiger partial charge in [0.2, 0.25) is 0 Å². The highest BCUT2D eigenvalue weighted by Gasteiger charge is 2.26. The van der Waals surface area contributed by atoms with Gasteiger partial charge in [-0.1, -0.05) is 29.3 Å². The van der Waals surface area contributed by atoms with Crippen LogP contribution in [0.5, 0.6) is 0 Å². The zero-order valence-corrected chi connectivity index (χ0v) is 15.2. The van der Waals surface area contributed by atoms with Crippen LogP contribution in [0, 0.1) is 0 Å². The highest BCUT2D eigenvalue weighted by atomic mass is 35.5. The highest BCUT2D eigenvalue weighted by molar-refractivity contribution is 7.82. The molecule has 0 bridgehead atoms. The number of halogens is 2. The molecule has 0 aromatic heterocycles. The summed E-state index contributed by atoms with van der Waals surface area (Å²) in [7, 11) is 2.51. The molecule has 0 aliphatic carbocycles. The Labute approximate surface area is 144 Å². The maximum Gasteiger partial charge on any atom is 0.110 e. The van der Waals surface area contributed by atoms with E-state index in [4.69, 9.17) is 32.7 Å². The lowest BCUT2D eigenvalue weighted by Crippen LogP contribution is -2.30. The minimum Gasteiger partial charge on any atom is -0.377 e. The van der Waals surface area contributed by atoms with Crippen molar-refractivity contribution in [3.8, 4) is 0 Å². The minimum atomic E-state index is -0.823. The Kier molecular flexibility index (Phi) is 9.51. The second-order valence-electron chi connectivity index (χ2n) is 4.60. The molecule has 2 rings (SSSR count). The predicted molar refractivity (Wildman–Crippen MR) is 91.9 cm³/mol.